The third-order valence-corrected chi connectivity index (χ3v) is 5.24. The van der Waals surface area contributed by atoms with E-state index in [1.165, 1.54) is 5.69 Å². The van der Waals surface area contributed by atoms with E-state index < -0.39 is 0 Å². The Morgan fingerprint density at radius 1 is 1.03 bits per heavy atom. The first-order valence-corrected chi connectivity index (χ1v) is 9.93. The first kappa shape index (κ1) is 24.1. The van der Waals surface area contributed by atoms with Gasteiger partial charge in [0.05, 0.1) is 20.8 Å². The molecule has 1 aliphatic rings. The number of halogens is 1. The molecule has 1 heterocycles. The van der Waals surface area contributed by atoms with Crippen LogP contribution in [0.5, 0.6) is 11.5 Å². The highest BCUT2D eigenvalue weighted by Gasteiger charge is 2.21. The minimum Gasteiger partial charge on any atom is -0.493 e. The van der Waals surface area contributed by atoms with Crippen LogP contribution >= 0.6 is 24.0 Å². The predicted molar refractivity (Wildman–Crippen MR) is 135 cm³/mol. The molecule has 7 nitrogen and oxygen atoms in total. The van der Waals surface area contributed by atoms with Crippen molar-refractivity contribution in [3.63, 3.8) is 0 Å². The van der Waals surface area contributed by atoms with Crippen LogP contribution in [-0.2, 0) is 0 Å². The number of aliphatic imine (C=N–C) groups is 1. The van der Waals surface area contributed by atoms with Gasteiger partial charge in [-0.25, -0.2) is 0 Å². The molecule has 1 saturated heterocycles. The van der Waals surface area contributed by atoms with E-state index in [4.69, 9.17) is 15.2 Å². The van der Waals surface area contributed by atoms with Crippen LogP contribution in [0.2, 0.25) is 0 Å². The average Bonchev–Trinajstić information content (AvgIpc) is 2.78. The van der Waals surface area contributed by atoms with Crippen molar-refractivity contribution in [2.45, 2.75) is 13.0 Å². The van der Waals surface area contributed by atoms with Crippen molar-refractivity contribution in [3.05, 3.63) is 48.5 Å². The Labute approximate surface area is 196 Å². The Bertz CT molecular complexity index is 810. The lowest BCUT2D eigenvalue weighted by atomic mass is 10.2. The van der Waals surface area contributed by atoms with Crippen LogP contribution in [0.1, 0.15) is 6.92 Å². The number of piperazine rings is 1. The van der Waals surface area contributed by atoms with E-state index in [9.17, 15) is 0 Å². The number of benzene rings is 2. The molecule has 0 aliphatic carbocycles. The van der Waals surface area contributed by atoms with Crippen molar-refractivity contribution in [1.29, 1.82) is 0 Å². The van der Waals surface area contributed by atoms with E-state index >= 15 is 0 Å². The summed E-state index contributed by atoms with van der Waals surface area (Å²) in [5.41, 5.74) is 8.19. The standard InChI is InChI=1S/C22H31N5O2.HI/c1-17(26-11-13-27(14-12-26)19-7-5-4-6-8-19)16-24-22(23)25-18-9-10-20(28-2)21(15-18)29-3;/h4-10,15,17H,11-14,16H2,1-3H3,(H3,23,24,25);1H. The van der Waals surface area contributed by atoms with Gasteiger partial charge in [-0.1, -0.05) is 18.2 Å². The summed E-state index contributed by atoms with van der Waals surface area (Å²) in [5, 5.41) is 3.12. The molecule has 1 fully saturated rings. The number of rotatable bonds is 7. The molecule has 1 unspecified atom stereocenters. The molecule has 0 bridgehead atoms. The highest BCUT2D eigenvalue weighted by molar-refractivity contribution is 14.0. The molecular formula is C22H32IN5O2. The molecule has 2 aromatic rings. The summed E-state index contributed by atoms with van der Waals surface area (Å²) in [7, 11) is 3.22. The average molecular weight is 525 g/mol. The van der Waals surface area contributed by atoms with Crippen molar-refractivity contribution < 1.29 is 9.47 Å². The maximum atomic E-state index is 6.08. The molecule has 3 rings (SSSR count). The number of guanidine groups is 1. The second-order valence-electron chi connectivity index (χ2n) is 7.13. The van der Waals surface area contributed by atoms with Crippen molar-refractivity contribution >= 4 is 41.3 Å². The van der Waals surface area contributed by atoms with Crippen LogP contribution in [-0.4, -0.2) is 63.8 Å². The fourth-order valence-corrected chi connectivity index (χ4v) is 3.51. The molecule has 3 N–H and O–H groups in total. The van der Waals surface area contributed by atoms with Crippen LogP contribution < -0.4 is 25.4 Å². The first-order valence-electron chi connectivity index (χ1n) is 9.93. The van der Waals surface area contributed by atoms with Gasteiger partial charge in [0.15, 0.2) is 17.5 Å². The lowest BCUT2D eigenvalue weighted by molar-refractivity contribution is 0.201. The largest absolute Gasteiger partial charge is 0.493 e. The van der Waals surface area contributed by atoms with Crippen molar-refractivity contribution in [2.24, 2.45) is 10.7 Å². The summed E-state index contributed by atoms with van der Waals surface area (Å²) in [5.74, 6) is 1.72. The van der Waals surface area contributed by atoms with Crippen molar-refractivity contribution in [1.82, 2.24) is 4.90 Å². The zero-order chi connectivity index (χ0) is 20.6. The van der Waals surface area contributed by atoms with Crippen LogP contribution in [0.3, 0.4) is 0 Å². The summed E-state index contributed by atoms with van der Waals surface area (Å²) in [6.07, 6.45) is 0. The zero-order valence-corrected chi connectivity index (χ0v) is 20.2. The van der Waals surface area contributed by atoms with E-state index in [0.717, 1.165) is 31.9 Å². The van der Waals surface area contributed by atoms with Crippen LogP contribution in [0.25, 0.3) is 0 Å². The molecule has 0 aromatic heterocycles. The Kier molecular flexibility index (Phi) is 9.51. The van der Waals surface area contributed by atoms with Gasteiger partial charge in [-0.05, 0) is 31.2 Å². The molecule has 1 aliphatic heterocycles. The number of nitrogens with zero attached hydrogens (tertiary/aromatic N) is 3. The van der Waals surface area contributed by atoms with E-state index in [-0.39, 0.29) is 24.0 Å². The zero-order valence-electron chi connectivity index (χ0n) is 17.9. The topological polar surface area (TPSA) is 75.4 Å². The van der Waals surface area contributed by atoms with Crippen LogP contribution in [0, 0.1) is 0 Å². The SMILES string of the molecule is COc1ccc(NC(N)=NCC(C)N2CCN(c3ccccc3)CC2)cc1OC.I. The number of nitrogens with two attached hydrogens (primary N) is 1. The van der Waals surface area contributed by atoms with Gasteiger partial charge >= 0.3 is 0 Å². The second-order valence-corrected chi connectivity index (χ2v) is 7.13. The number of methoxy groups -OCH3 is 2. The molecule has 0 spiro atoms. The lowest BCUT2D eigenvalue weighted by Gasteiger charge is -2.38. The Balaban J connectivity index is 0.00000320. The maximum absolute atomic E-state index is 6.08. The Morgan fingerprint density at radius 2 is 1.70 bits per heavy atom. The van der Waals surface area contributed by atoms with E-state index in [1.807, 2.05) is 18.2 Å². The Hall–Kier alpha value is -2.20. The summed E-state index contributed by atoms with van der Waals surface area (Å²) >= 11 is 0. The van der Waals surface area contributed by atoms with Gasteiger partial charge in [0.1, 0.15) is 0 Å². The summed E-state index contributed by atoms with van der Waals surface area (Å²) < 4.78 is 10.6. The summed E-state index contributed by atoms with van der Waals surface area (Å²) in [4.78, 5) is 9.42. The molecule has 0 amide bonds. The third kappa shape index (κ3) is 6.40. The normalized spacial score (nSPS) is 15.8. The highest BCUT2D eigenvalue weighted by atomic mass is 127. The number of ether oxygens (including phenoxy) is 2. The molecule has 0 saturated carbocycles. The smallest absolute Gasteiger partial charge is 0.193 e. The predicted octanol–water partition coefficient (Wildman–Crippen LogP) is 3.26. The molecular weight excluding hydrogens is 493 g/mol. The van der Waals surface area contributed by atoms with E-state index in [0.29, 0.717) is 30.0 Å². The molecule has 1 atom stereocenters. The van der Waals surface area contributed by atoms with Crippen LogP contribution in [0.4, 0.5) is 11.4 Å². The van der Waals surface area contributed by atoms with E-state index in [2.05, 4.69) is 57.4 Å². The number of para-hydroxylation sites is 1. The van der Waals surface area contributed by atoms with Crippen molar-refractivity contribution in [3.8, 4) is 11.5 Å². The lowest BCUT2D eigenvalue weighted by Crippen LogP contribution is -2.50. The highest BCUT2D eigenvalue weighted by Crippen LogP contribution is 2.29. The van der Waals surface area contributed by atoms with Crippen molar-refractivity contribution in [2.75, 3.05) is 57.2 Å². The Morgan fingerprint density at radius 3 is 2.33 bits per heavy atom. The van der Waals surface area contributed by atoms with Gasteiger partial charge in [0.25, 0.3) is 0 Å². The fourth-order valence-electron chi connectivity index (χ4n) is 3.51. The third-order valence-electron chi connectivity index (χ3n) is 5.24. The number of hydrogen-bond acceptors (Lipinski definition) is 5. The molecule has 164 valence electrons. The number of hydrogen-bond donors (Lipinski definition) is 2. The summed E-state index contributed by atoms with van der Waals surface area (Å²) in [6, 6.07) is 16.5. The molecule has 8 heteroatoms. The maximum Gasteiger partial charge on any atom is 0.193 e. The van der Waals surface area contributed by atoms with Crippen LogP contribution in [0.15, 0.2) is 53.5 Å². The van der Waals surface area contributed by atoms with E-state index in [1.54, 1.807) is 14.2 Å². The minimum absolute atomic E-state index is 0. The van der Waals surface area contributed by atoms with Gasteiger partial charge in [-0.15, -0.1) is 24.0 Å². The minimum atomic E-state index is 0. The van der Waals surface area contributed by atoms with Gasteiger partial charge in [-0.3, -0.25) is 9.89 Å². The second kappa shape index (κ2) is 11.8. The van der Waals surface area contributed by atoms with Gasteiger partial charge < -0.3 is 25.4 Å². The number of nitrogens with one attached hydrogen (secondary N) is 1. The number of anilines is 2. The summed E-state index contributed by atoms with van der Waals surface area (Å²) in [6.45, 7) is 6.95. The monoisotopic (exact) mass is 525 g/mol. The molecule has 0 radical (unpaired) electrons. The molecule has 30 heavy (non-hydrogen) atoms. The first-order chi connectivity index (χ1) is 14.1. The molecule has 2 aromatic carbocycles. The fraction of sp³-hybridized carbons (Fsp3) is 0.409. The van der Waals surface area contributed by atoms with Gasteiger partial charge in [-0.2, -0.15) is 0 Å². The van der Waals surface area contributed by atoms with Gasteiger partial charge in [0, 0.05) is 49.7 Å². The quantitative estimate of drug-likeness (QED) is 0.329. The van der Waals surface area contributed by atoms with Gasteiger partial charge in [0.2, 0.25) is 0 Å².